The van der Waals surface area contributed by atoms with Crippen LogP contribution in [-0.4, -0.2) is 169 Å². The van der Waals surface area contributed by atoms with Crippen molar-refractivity contribution in [1.29, 1.82) is 0 Å². The molecule has 22 N–H and O–H groups in total. The van der Waals surface area contributed by atoms with Gasteiger partial charge in [0.05, 0.1) is 7.32 Å². The first kappa shape index (κ1) is 65.3. The number of hydrogen-bond acceptors (Lipinski definition) is 24. The van der Waals surface area contributed by atoms with Gasteiger partial charge in [0.25, 0.3) is 0 Å². The van der Waals surface area contributed by atoms with E-state index in [0.29, 0.717) is 0 Å². The zero-order valence-electron chi connectivity index (χ0n) is 17.3. The van der Waals surface area contributed by atoms with E-state index in [9.17, 15) is 0 Å². The van der Waals surface area contributed by atoms with Gasteiger partial charge in [-0.25, -0.2) is 0 Å². The van der Waals surface area contributed by atoms with Gasteiger partial charge in [-0.05, 0) is 0 Å². The van der Waals surface area contributed by atoms with Crippen molar-refractivity contribution in [2.75, 3.05) is 0 Å². The van der Waals surface area contributed by atoms with E-state index in [0.717, 1.165) is 0 Å². The average molecular weight is 555 g/mol. The van der Waals surface area contributed by atoms with Crippen molar-refractivity contribution in [3.63, 3.8) is 0 Å². The second-order valence-corrected chi connectivity index (χ2v) is 2.73. The van der Waals surface area contributed by atoms with Crippen molar-refractivity contribution in [1.82, 2.24) is 0 Å². The van der Waals surface area contributed by atoms with Crippen LogP contribution >= 0.6 is 0 Å². The van der Waals surface area contributed by atoms with Gasteiger partial charge in [-0.1, -0.05) is 0 Å². The Bertz CT molecular complexity index is 149. The minimum absolute atomic E-state index is 0. The molecule has 192 valence electrons. The minimum Gasteiger partial charge on any atom is -0.871 e. The third kappa shape index (κ3) is 7820. The Morgan fingerprint density at radius 3 is 0.265 bits per heavy atom. The van der Waals surface area contributed by atoms with Crippen LogP contribution in [0.5, 0.6) is 0 Å². The largest absolute Gasteiger partial charge is 1.00 e. The van der Waals surface area contributed by atoms with Crippen LogP contribution in [0.3, 0.4) is 0 Å². The molecule has 0 spiro atoms. The Balaban J connectivity index is -0.0000000240. The van der Waals surface area contributed by atoms with Gasteiger partial charge in [0.1, 0.15) is 0 Å². The molecule has 34 heteroatoms. The van der Waals surface area contributed by atoms with Crippen LogP contribution < -0.4 is 91.0 Å². The quantitative estimate of drug-likeness (QED) is 0.123. The molecule has 0 aliphatic heterocycles. The molecule has 0 atom stereocenters. The molecule has 0 saturated carbocycles. The first-order valence-corrected chi connectivity index (χ1v) is 6.15. The Hall–Kier alpha value is 2.20. The Morgan fingerprint density at radius 2 is 0.265 bits per heavy atom. The summed E-state index contributed by atoms with van der Waals surface area (Å²) in [6, 6.07) is 0. The van der Waals surface area contributed by atoms with Crippen LogP contribution in [0.1, 0.15) is 0 Å². The molecule has 0 unspecified atom stereocenters. The molecule has 34 heavy (non-hydrogen) atoms. The van der Waals surface area contributed by atoms with E-state index in [2.05, 4.69) is 0 Å². The molecule has 0 rings (SSSR count). The summed E-state index contributed by atoms with van der Waals surface area (Å²) in [6.07, 6.45) is 0. The molecule has 0 saturated heterocycles. The minimum atomic E-state index is -2.67. The Labute approximate surface area is 257 Å². The van der Waals surface area contributed by atoms with Gasteiger partial charge in [0.15, 0.2) is 0 Å². The standard InChI is InChI=1S/7BH3O3.BHO3.K.Na/c8*2-1(3)4;;/h7*2-4H;2H;;/q;;;;;;;-2;2*+1. The van der Waals surface area contributed by atoms with Gasteiger partial charge in [0, 0.05) is 0 Å². The Morgan fingerprint density at radius 1 is 0.265 bits per heavy atom. The van der Waals surface area contributed by atoms with E-state index in [-0.39, 0.29) is 80.9 Å². The molecule has 0 aromatic rings. The monoisotopic (exact) mass is 556 g/mol. The maximum Gasteiger partial charge on any atom is 1.00 e. The summed E-state index contributed by atoms with van der Waals surface area (Å²) >= 11 is 0. The zero-order valence-corrected chi connectivity index (χ0v) is 22.4. The molecule has 0 amide bonds. The summed E-state index contributed by atoms with van der Waals surface area (Å²) in [5.74, 6) is 0. The summed E-state index contributed by atoms with van der Waals surface area (Å²) in [7, 11) is -17.8. The predicted octanol–water partition coefficient (Wildman–Crippen LogP) is -23.7. The smallest absolute Gasteiger partial charge is 0.871 e. The van der Waals surface area contributed by atoms with Crippen LogP contribution in [0.25, 0.3) is 0 Å². The van der Waals surface area contributed by atoms with Crippen LogP contribution in [0.15, 0.2) is 0 Å². The molecule has 0 aromatic heterocycles. The second kappa shape index (κ2) is 60.0. The fourth-order valence-corrected chi connectivity index (χ4v) is 0. The summed E-state index contributed by atoms with van der Waals surface area (Å²) < 4.78 is 0. The summed E-state index contributed by atoms with van der Waals surface area (Å²) in [6.45, 7) is 0. The molecule has 0 aliphatic carbocycles. The average Bonchev–Trinajstić information content (AvgIpc) is 2.30. The Kier molecular flexibility index (Phi) is 115. The third-order valence-electron chi connectivity index (χ3n) is 0. The maximum atomic E-state index is 8.53. The number of rotatable bonds is 0. The topological polar surface area (TPSA) is 491 Å². The van der Waals surface area contributed by atoms with Gasteiger partial charge in [-0.3, -0.25) is 0 Å². The normalized spacial score (nSPS) is 6.35. The summed E-state index contributed by atoms with van der Waals surface area (Å²) in [5, 5.41) is 174. The zero-order chi connectivity index (χ0) is 28.6. The summed E-state index contributed by atoms with van der Waals surface area (Å²) in [5.41, 5.74) is 0. The second-order valence-electron chi connectivity index (χ2n) is 2.73. The first-order chi connectivity index (χ1) is 13.9. The van der Waals surface area contributed by atoms with E-state index < -0.39 is 58.6 Å². The molecule has 0 heterocycles. The van der Waals surface area contributed by atoms with Crippen LogP contribution in [0.2, 0.25) is 0 Å². The van der Waals surface area contributed by atoms with E-state index in [1.54, 1.807) is 0 Å². The van der Waals surface area contributed by atoms with Gasteiger partial charge in [0.2, 0.25) is 0 Å². The van der Waals surface area contributed by atoms with E-state index >= 15 is 0 Å². The van der Waals surface area contributed by atoms with Gasteiger partial charge in [-0.2, -0.15) is 0 Å². The third-order valence-corrected chi connectivity index (χ3v) is 0. The van der Waals surface area contributed by atoms with E-state index in [1.165, 1.54) is 0 Å². The fraction of sp³-hybridized carbons (Fsp3) is 0. The molecular weight excluding hydrogens is 533 g/mol. The van der Waals surface area contributed by atoms with Crippen molar-refractivity contribution in [2.24, 2.45) is 0 Å². The van der Waals surface area contributed by atoms with Crippen LogP contribution in [-0.2, 0) is 0 Å². The van der Waals surface area contributed by atoms with Crippen molar-refractivity contribution in [3.05, 3.63) is 0 Å². The molecule has 0 radical (unpaired) electrons. The molecule has 24 nitrogen and oxygen atoms in total. The molecule has 0 bridgehead atoms. The number of hydrogen-bond donors (Lipinski definition) is 22. The van der Waals surface area contributed by atoms with Crippen molar-refractivity contribution >= 4 is 58.6 Å². The van der Waals surface area contributed by atoms with Gasteiger partial charge < -0.3 is 121 Å². The summed E-state index contributed by atoms with van der Waals surface area (Å²) in [4.78, 5) is 0. The van der Waals surface area contributed by atoms with E-state index in [4.69, 9.17) is 121 Å². The van der Waals surface area contributed by atoms with Crippen molar-refractivity contribution < 1.29 is 202 Å². The molecule has 0 aliphatic rings. The molecular formula is H22B8KNaO24. The van der Waals surface area contributed by atoms with Gasteiger partial charge in [-0.15, -0.1) is 0 Å². The van der Waals surface area contributed by atoms with E-state index in [1.807, 2.05) is 0 Å². The van der Waals surface area contributed by atoms with Crippen molar-refractivity contribution in [2.45, 2.75) is 0 Å². The predicted molar refractivity (Wildman–Crippen MR) is 94.8 cm³/mol. The molecule has 0 fully saturated rings. The maximum absolute atomic E-state index is 8.53. The van der Waals surface area contributed by atoms with Crippen LogP contribution in [0, 0.1) is 0 Å². The first-order valence-electron chi connectivity index (χ1n) is 6.15. The van der Waals surface area contributed by atoms with Crippen molar-refractivity contribution in [3.8, 4) is 0 Å². The van der Waals surface area contributed by atoms with Crippen LogP contribution in [0.4, 0.5) is 0 Å². The van der Waals surface area contributed by atoms with Gasteiger partial charge >= 0.3 is 132 Å². The fourth-order valence-electron chi connectivity index (χ4n) is 0. The molecule has 0 aromatic carbocycles. The SMILES string of the molecule is OB(O)O.OB(O)O.OB(O)O.OB(O)O.OB(O)O.OB(O)O.OB(O)O.[K+].[Na+].[O-]B([O-])O.